The van der Waals surface area contributed by atoms with Gasteiger partial charge in [0.1, 0.15) is 5.92 Å². The van der Waals surface area contributed by atoms with Crippen LogP contribution in [0, 0.1) is 11.8 Å². The summed E-state index contributed by atoms with van der Waals surface area (Å²) in [4.78, 5) is 36.3. The fourth-order valence-corrected chi connectivity index (χ4v) is 3.13. The van der Waals surface area contributed by atoms with Crippen LogP contribution in [0.3, 0.4) is 0 Å². The summed E-state index contributed by atoms with van der Waals surface area (Å²) in [5.41, 5.74) is -1.14. The van der Waals surface area contributed by atoms with Gasteiger partial charge in [-0.1, -0.05) is 13.5 Å². The van der Waals surface area contributed by atoms with Crippen molar-refractivity contribution in [2.75, 3.05) is 19.8 Å². The summed E-state index contributed by atoms with van der Waals surface area (Å²) in [5, 5.41) is 0. The number of ether oxygens (including phenoxy) is 3. The molecule has 0 heterocycles. The van der Waals surface area contributed by atoms with E-state index in [4.69, 9.17) is 0 Å². The second kappa shape index (κ2) is 13.4. The van der Waals surface area contributed by atoms with Crippen LogP contribution in [0.5, 0.6) is 0 Å². The molecule has 0 aromatic heterocycles. The molecule has 0 bridgehead atoms. The van der Waals surface area contributed by atoms with Gasteiger partial charge >= 0.3 is 65.5 Å². The van der Waals surface area contributed by atoms with E-state index in [0.717, 1.165) is 6.92 Å². The third-order valence-corrected chi connectivity index (χ3v) is 5.77. The molecule has 0 amide bonds. The van der Waals surface area contributed by atoms with E-state index >= 15 is 0 Å². The quantitative estimate of drug-likeness (QED) is 0.0757. The first-order valence-electron chi connectivity index (χ1n) is 11.7. The van der Waals surface area contributed by atoms with Gasteiger partial charge in [-0.3, -0.25) is 9.59 Å². The number of carbonyl (C=O) groups excluding carboxylic acids is 3. The molecule has 2 atom stereocenters. The minimum absolute atomic E-state index is 0.281. The molecule has 0 rings (SSSR count). The van der Waals surface area contributed by atoms with Gasteiger partial charge < -0.3 is 14.2 Å². The molecule has 0 aromatic rings. The minimum atomic E-state index is -8.77. The molecule has 0 aliphatic carbocycles. The number of esters is 3. The van der Waals surface area contributed by atoms with Crippen molar-refractivity contribution in [1.29, 1.82) is 0 Å². The summed E-state index contributed by atoms with van der Waals surface area (Å²) in [5.74, 6) is -66.0. The van der Waals surface area contributed by atoms with E-state index < -0.39 is 103 Å². The second-order valence-corrected chi connectivity index (χ2v) is 8.83. The second-order valence-electron chi connectivity index (χ2n) is 8.83. The Morgan fingerprint density at radius 1 is 0.578 bits per heavy atom. The Bertz CT molecular complexity index is 1100. The summed E-state index contributed by atoms with van der Waals surface area (Å²) in [7, 11) is 0. The third kappa shape index (κ3) is 7.19. The largest absolute Gasteiger partial charge is 0.466 e. The van der Waals surface area contributed by atoms with Gasteiger partial charge in [0.2, 0.25) is 0 Å². The zero-order chi connectivity index (χ0) is 36.4. The Kier molecular flexibility index (Phi) is 12.5. The molecule has 0 saturated heterocycles. The number of hydrogen-bond acceptors (Lipinski definition) is 6. The lowest BCUT2D eigenvalue weighted by molar-refractivity contribution is -0.461. The van der Waals surface area contributed by atoms with Crippen LogP contribution >= 0.6 is 0 Å². The fourth-order valence-electron chi connectivity index (χ4n) is 3.13. The molecule has 0 aliphatic heterocycles. The highest BCUT2D eigenvalue weighted by atomic mass is 19.4. The maximum atomic E-state index is 14.0. The lowest BCUT2D eigenvalue weighted by atomic mass is 9.87. The lowest BCUT2D eigenvalue weighted by Crippen LogP contribution is -2.74. The normalized spacial score (nSPS) is 15.6. The van der Waals surface area contributed by atoms with Crippen LogP contribution in [0.25, 0.3) is 0 Å². The minimum Gasteiger partial charge on any atom is -0.466 e. The van der Waals surface area contributed by atoms with Gasteiger partial charge in [-0.2, -0.15) is 74.6 Å². The summed E-state index contributed by atoms with van der Waals surface area (Å²) in [6, 6.07) is 0. The smallest absolute Gasteiger partial charge is 0.460 e. The lowest BCUT2D eigenvalue weighted by Gasteiger charge is -2.42. The van der Waals surface area contributed by atoms with Crippen LogP contribution in [-0.2, 0) is 28.6 Å². The van der Waals surface area contributed by atoms with Crippen molar-refractivity contribution < 1.29 is 103 Å². The Hall–Kier alpha value is -3.04. The van der Waals surface area contributed by atoms with E-state index in [2.05, 4.69) is 20.8 Å². The summed E-state index contributed by atoms with van der Waals surface area (Å²) < 4.78 is 240. The molecule has 6 nitrogen and oxygen atoms in total. The number of rotatable bonds is 16. The van der Waals surface area contributed by atoms with Crippen molar-refractivity contribution in [2.45, 2.75) is 74.8 Å². The monoisotopic (exact) mass is 704 g/mol. The molecule has 23 heteroatoms. The van der Waals surface area contributed by atoms with Gasteiger partial charge in [-0.25, -0.2) is 4.79 Å². The number of alkyl halides is 17. The molecule has 264 valence electrons. The summed E-state index contributed by atoms with van der Waals surface area (Å²) >= 11 is 0. The van der Waals surface area contributed by atoms with E-state index in [1.165, 1.54) is 13.8 Å². The van der Waals surface area contributed by atoms with Crippen molar-refractivity contribution in [2.24, 2.45) is 11.8 Å². The van der Waals surface area contributed by atoms with Crippen molar-refractivity contribution in [3.63, 3.8) is 0 Å². The van der Waals surface area contributed by atoms with Crippen LogP contribution in [0.2, 0.25) is 0 Å². The number of carbonyl (C=O) groups is 3. The van der Waals surface area contributed by atoms with E-state index in [0.29, 0.717) is 0 Å². The third-order valence-electron chi connectivity index (χ3n) is 5.77. The van der Waals surface area contributed by atoms with Gasteiger partial charge in [0.15, 0.2) is 0 Å². The van der Waals surface area contributed by atoms with Gasteiger partial charge in [0, 0.05) is 5.57 Å². The van der Waals surface area contributed by atoms with Crippen LogP contribution in [0.15, 0.2) is 12.2 Å². The summed E-state index contributed by atoms with van der Waals surface area (Å²) in [6.07, 6.45) is -10.9. The Morgan fingerprint density at radius 3 is 1.31 bits per heavy atom. The topological polar surface area (TPSA) is 78.9 Å². The highest BCUT2D eigenvalue weighted by Crippen LogP contribution is 2.64. The highest BCUT2D eigenvalue weighted by Gasteiger charge is 2.95. The Labute approximate surface area is 240 Å². The first-order valence-corrected chi connectivity index (χ1v) is 11.7. The Morgan fingerprint density at radius 2 is 0.933 bits per heavy atom. The predicted octanol–water partition coefficient (Wildman–Crippen LogP) is 6.86. The van der Waals surface area contributed by atoms with E-state index in [9.17, 15) is 89.0 Å². The SMILES string of the molecule is C=C(C(=O)OCCC(F)(F)C(F)(F)C(F)(F)C(F)(F)C(F)(F)C(F)(F)C(F)(F)C(F)(F)F)C(C(=O)OCC)C(C)C(=O)OCC. The molecule has 0 N–H and O–H groups in total. The Balaban J connectivity index is 6.23. The zero-order valence-electron chi connectivity index (χ0n) is 22.6. The van der Waals surface area contributed by atoms with Crippen molar-refractivity contribution in [3.05, 3.63) is 12.2 Å². The van der Waals surface area contributed by atoms with Crippen LogP contribution in [0.4, 0.5) is 74.6 Å². The van der Waals surface area contributed by atoms with Crippen LogP contribution in [0.1, 0.15) is 27.2 Å². The van der Waals surface area contributed by atoms with E-state index in [1.807, 2.05) is 0 Å². The first-order chi connectivity index (χ1) is 19.8. The molecular weight excluding hydrogens is 683 g/mol. The van der Waals surface area contributed by atoms with Gasteiger partial charge in [0.05, 0.1) is 32.2 Å². The average molecular weight is 704 g/mol. The van der Waals surface area contributed by atoms with Crippen LogP contribution in [-0.4, -0.2) is 85.4 Å². The molecular formula is C22H21F17O6. The standard InChI is InChI=1S/C22H21F17O6/c1-5-43-12(40)9(3)11(14(42)44-6-2)10(4)13(41)45-8-7-15(23,24)16(25,26)17(27,28)18(29,30)19(31,32)20(33,34)21(35,36)22(37,38)39/h9,11H,4-8H2,1-3H3. The molecule has 0 saturated carbocycles. The first kappa shape index (κ1) is 42.0. The predicted molar refractivity (Wildman–Crippen MR) is 111 cm³/mol. The molecule has 45 heavy (non-hydrogen) atoms. The fraction of sp³-hybridized carbons (Fsp3) is 0.773. The zero-order valence-corrected chi connectivity index (χ0v) is 22.6. The van der Waals surface area contributed by atoms with Gasteiger partial charge in [-0.05, 0) is 13.8 Å². The number of halogens is 17. The summed E-state index contributed by atoms with van der Waals surface area (Å²) in [6.45, 7) is 3.54. The number of hydrogen-bond donors (Lipinski definition) is 0. The van der Waals surface area contributed by atoms with Crippen molar-refractivity contribution in [1.82, 2.24) is 0 Å². The average Bonchev–Trinajstić information content (AvgIpc) is 2.87. The maximum Gasteiger partial charge on any atom is 0.460 e. The molecule has 0 radical (unpaired) electrons. The maximum absolute atomic E-state index is 14.0. The van der Waals surface area contributed by atoms with Gasteiger partial charge in [-0.15, -0.1) is 0 Å². The van der Waals surface area contributed by atoms with Crippen molar-refractivity contribution >= 4 is 17.9 Å². The molecule has 0 aliphatic rings. The van der Waals surface area contributed by atoms with Crippen molar-refractivity contribution in [3.8, 4) is 0 Å². The highest BCUT2D eigenvalue weighted by molar-refractivity contribution is 5.97. The molecule has 0 fully saturated rings. The molecule has 0 aromatic carbocycles. The molecule has 2 unspecified atom stereocenters. The van der Waals surface area contributed by atoms with Gasteiger partial charge in [0.25, 0.3) is 0 Å². The van der Waals surface area contributed by atoms with E-state index in [1.54, 1.807) is 0 Å². The van der Waals surface area contributed by atoms with Crippen LogP contribution < -0.4 is 0 Å². The molecule has 0 spiro atoms. The van der Waals surface area contributed by atoms with E-state index in [-0.39, 0.29) is 6.61 Å².